The van der Waals surface area contributed by atoms with Crippen molar-refractivity contribution in [3.05, 3.63) is 12.7 Å². The van der Waals surface area contributed by atoms with E-state index in [9.17, 15) is 29.1 Å². The number of ether oxygens (including phenoxy) is 3. The SMILES string of the molecule is C=CCOC(=O)C(O)N1C(=O)[C@H]([C@@H](C)O[Si](C)(C)C(C)(C)C)[C@H]1[C@@H](C)C(=O)SCC(C(=O)OCC)C(=O)OCC. The third-order valence-corrected chi connectivity index (χ3v) is 13.0. The van der Waals surface area contributed by atoms with Gasteiger partial charge < -0.3 is 28.6 Å². The lowest BCUT2D eigenvalue weighted by atomic mass is 9.76. The molecule has 13 heteroatoms. The van der Waals surface area contributed by atoms with Gasteiger partial charge in [-0.15, -0.1) is 0 Å². The fraction of sp³-hybridized carbons (Fsp3) is 0.741. The molecule has 1 saturated heterocycles. The number of esters is 3. The summed E-state index contributed by atoms with van der Waals surface area (Å²) in [6.07, 6.45) is -1.22. The van der Waals surface area contributed by atoms with Crippen molar-refractivity contribution in [3.63, 3.8) is 0 Å². The Bertz CT molecular complexity index is 932. The molecule has 40 heavy (non-hydrogen) atoms. The Hall–Kier alpha value is -2.22. The molecule has 1 unspecified atom stereocenters. The molecule has 11 nitrogen and oxygen atoms in total. The fourth-order valence-corrected chi connectivity index (χ4v) is 6.50. The predicted octanol–water partition coefficient (Wildman–Crippen LogP) is 2.91. The van der Waals surface area contributed by atoms with E-state index in [4.69, 9.17) is 18.6 Å². The van der Waals surface area contributed by atoms with E-state index in [1.807, 2.05) is 13.1 Å². The standard InChI is InChI=1S/C27H45NO10SSi/c1-11-14-37-25(33)22(30)28-20(19(21(28)29)17(5)38-40(9,10)27(6,7)8)16(4)26(34)39-15-18(23(31)35-12-2)24(32)36-13-3/h11,16-20,22,30H,1,12-15H2,2-10H3/t16-,17-,19-,20-,22?/m1/s1. The van der Waals surface area contributed by atoms with Gasteiger partial charge in [0.2, 0.25) is 12.1 Å². The number of likely N-dealkylation sites (tertiary alicyclic amines) is 1. The summed E-state index contributed by atoms with van der Waals surface area (Å²) in [6, 6.07) is -0.901. The Balaban J connectivity index is 3.25. The van der Waals surface area contributed by atoms with Crippen LogP contribution >= 0.6 is 11.8 Å². The number of hydrogen-bond donors (Lipinski definition) is 1. The van der Waals surface area contributed by atoms with Crippen molar-refractivity contribution in [2.24, 2.45) is 17.8 Å². The number of rotatable bonds is 15. The van der Waals surface area contributed by atoms with E-state index in [1.54, 1.807) is 27.7 Å². The summed E-state index contributed by atoms with van der Waals surface area (Å²) >= 11 is 0.725. The molecule has 0 aromatic rings. The van der Waals surface area contributed by atoms with Crippen LogP contribution in [0.15, 0.2) is 12.7 Å². The minimum absolute atomic E-state index is 0.0521. The molecule has 0 aliphatic carbocycles. The summed E-state index contributed by atoms with van der Waals surface area (Å²) in [5, 5.41) is 10.1. The summed E-state index contributed by atoms with van der Waals surface area (Å²) in [5.74, 6) is -6.45. The van der Waals surface area contributed by atoms with E-state index in [2.05, 4.69) is 27.4 Å². The number of amides is 1. The lowest BCUT2D eigenvalue weighted by molar-refractivity contribution is -0.200. The molecule has 0 spiro atoms. The first kappa shape index (κ1) is 35.8. The van der Waals surface area contributed by atoms with E-state index in [-0.39, 0.29) is 30.6 Å². The molecular weight excluding hydrogens is 558 g/mol. The molecular formula is C27H45NO10SSi. The van der Waals surface area contributed by atoms with Crippen LogP contribution in [0, 0.1) is 17.8 Å². The number of hydrogen-bond acceptors (Lipinski definition) is 11. The molecule has 1 fully saturated rings. The van der Waals surface area contributed by atoms with Crippen molar-refractivity contribution < 1.29 is 47.7 Å². The predicted molar refractivity (Wildman–Crippen MR) is 152 cm³/mol. The van der Waals surface area contributed by atoms with E-state index >= 15 is 0 Å². The third kappa shape index (κ3) is 8.64. The van der Waals surface area contributed by atoms with Crippen LogP contribution in [0.1, 0.15) is 48.5 Å². The zero-order chi connectivity index (χ0) is 31.0. The molecule has 0 aromatic carbocycles. The number of thioether (sulfide) groups is 1. The number of nitrogens with zero attached hydrogens (tertiary/aromatic N) is 1. The quantitative estimate of drug-likeness (QED) is 0.0736. The number of β-lactam (4-membered cyclic amide) rings is 1. The maximum atomic E-state index is 13.3. The van der Waals surface area contributed by atoms with Crippen LogP contribution in [0.3, 0.4) is 0 Å². The molecule has 0 radical (unpaired) electrons. The van der Waals surface area contributed by atoms with Gasteiger partial charge in [-0.3, -0.25) is 19.2 Å². The van der Waals surface area contributed by atoms with Crippen molar-refractivity contribution in [2.45, 2.75) is 85.0 Å². The first-order valence-electron chi connectivity index (χ1n) is 13.4. The van der Waals surface area contributed by atoms with Gasteiger partial charge in [0, 0.05) is 11.7 Å². The van der Waals surface area contributed by atoms with Gasteiger partial charge in [-0.25, -0.2) is 4.79 Å². The minimum atomic E-state index is -2.32. The average Bonchev–Trinajstić information content (AvgIpc) is 2.84. The minimum Gasteiger partial charge on any atom is -0.465 e. The van der Waals surface area contributed by atoms with E-state index in [0.717, 1.165) is 16.7 Å². The van der Waals surface area contributed by atoms with E-state index in [0.29, 0.717) is 0 Å². The number of carbonyl (C=O) groups is 5. The summed E-state index contributed by atoms with van der Waals surface area (Å²) in [6.45, 7) is 20.2. The monoisotopic (exact) mass is 603 g/mol. The van der Waals surface area contributed by atoms with Gasteiger partial charge in [-0.05, 0) is 38.9 Å². The Morgan fingerprint density at radius 1 is 1.05 bits per heavy atom. The van der Waals surface area contributed by atoms with E-state index in [1.165, 1.54) is 6.08 Å². The second kappa shape index (κ2) is 15.1. The highest BCUT2D eigenvalue weighted by atomic mass is 32.2. The molecule has 1 rings (SSSR count). The lowest BCUT2D eigenvalue weighted by Crippen LogP contribution is -2.72. The number of aliphatic hydroxyl groups excluding tert-OH is 1. The van der Waals surface area contributed by atoms with Crippen molar-refractivity contribution >= 4 is 49.0 Å². The largest absolute Gasteiger partial charge is 0.465 e. The summed E-state index contributed by atoms with van der Waals surface area (Å²) in [4.78, 5) is 64.7. The molecule has 0 aromatic heterocycles. The second-order valence-corrected chi connectivity index (χ2v) is 16.9. The summed E-state index contributed by atoms with van der Waals surface area (Å²) in [7, 11) is -2.32. The van der Waals surface area contributed by atoms with Crippen LogP contribution in [0.4, 0.5) is 0 Å². The van der Waals surface area contributed by atoms with Crippen LogP contribution in [-0.4, -0.2) is 91.2 Å². The van der Waals surface area contributed by atoms with Crippen LogP contribution in [0.2, 0.25) is 18.1 Å². The maximum Gasteiger partial charge on any atom is 0.356 e. The zero-order valence-electron chi connectivity index (χ0n) is 25.1. The average molecular weight is 604 g/mol. The fourth-order valence-electron chi connectivity index (χ4n) is 4.07. The van der Waals surface area contributed by atoms with Crippen LogP contribution in [0.25, 0.3) is 0 Å². The maximum absolute atomic E-state index is 13.3. The van der Waals surface area contributed by atoms with Crippen LogP contribution in [0.5, 0.6) is 0 Å². The van der Waals surface area contributed by atoms with Crippen molar-refractivity contribution in [2.75, 3.05) is 25.6 Å². The van der Waals surface area contributed by atoms with Crippen LogP contribution < -0.4 is 0 Å². The first-order chi connectivity index (χ1) is 18.5. The van der Waals surface area contributed by atoms with Crippen molar-refractivity contribution in [3.8, 4) is 0 Å². The van der Waals surface area contributed by atoms with Gasteiger partial charge in [0.15, 0.2) is 19.4 Å². The Morgan fingerprint density at radius 2 is 1.57 bits per heavy atom. The van der Waals surface area contributed by atoms with Gasteiger partial charge in [-0.2, -0.15) is 0 Å². The molecule has 0 bridgehead atoms. The molecule has 228 valence electrons. The molecule has 1 aliphatic heterocycles. The van der Waals surface area contributed by atoms with Gasteiger partial charge in [0.25, 0.3) is 0 Å². The van der Waals surface area contributed by atoms with Crippen molar-refractivity contribution in [1.29, 1.82) is 0 Å². The highest BCUT2D eigenvalue weighted by Gasteiger charge is 2.58. The summed E-state index contributed by atoms with van der Waals surface area (Å²) < 4.78 is 21.3. The zero-order valence-corrected chi connectivity index (χ0v) is 26.9. The normalized spacial score (nSPS) is 19.8. The van der Waals surface area contributed by atoms with Crippen LogP contribution in [-0.2, 0) is 42.6 Å². The molecule has 0 saturated carbocycles. The number of aliphatic hydroxyl groups is 1. The molecule has 1 aliphatic rings. The molecule has 1 amide bonds. The number of carbonyl (C=O) groups excluding carboxylic acids is 5. The highest BCUT2D eigenvalue weighted by Crippen LogP contribution is 2.43. The third-order valence-electron chi connectivity index (χ3n) is 7.26. The van der Waals surface area contributed by atoms with Crippen molar-refractivity contribution in [1.82, 2.24) is 4.90 Å². The van der Waals surface area contributed by atoms with Gasteiger partial charge in [-0.1, -0.05) is 52.1 Å². The first-order valence-corrected chi connectivity index (χ1v) is 17.3. The summed E-state index contributed by atoms with van der Waals surface area (Å²) in [5.41, 5.74) is 0. The van der Waals surface area contributed by atoms with E-state index < -0.39 is 73.4 Å². The Kier molecular flexibility index (Phi) is 13.5. The Labute approximate surface area is 242 Å². The topological polar surface area (TPSA) is 146 Å². The van der Waals surface area contributed by atoms with Gasteiger partial charge in [0.1, 0.15) is 6.61 Å². The smallest absolute Gasteiger partial charge is 0.356 e. The molecule has 5 atom stereocenters. The molecule has 1 heterocycles. The van der Waals surface area contributed by atoms with Gasteiger partial charge in [0.05, 0.1) is 31.3 Å². The second-order valence-electron chi connectivity index (χ2n) is 11.1. The Morgan fingerprint density at radius 3 is 2.02 bits per heavy atom. The highest BCUT2D eigenvalue weighted by molar-refractivity contribution is 8.13. The molecule has 1 N–H and O–H groups in total. The van der Waals surface area contributed by atoms with Gasteiger partial charge >= 0.3 is 17.9 Å². The lowest BCUT2D eigenvalue weighted by Gasteiger charge is -2.53.